The lowest BCUT2D eigenvalue weighted by Gasteiger charge is -2.48. The van der Waals surface area contributed by atoms with Gasteiger partial charge < -0.3 is 20.0 Å². The maximum atomic E-state index is 12.4. The molecule has 2 aliphatic rings. The van der Waals surface area contributed by atoms with E-state index in [1.807, 2.05) is 19.0 Å². The summed E-state index contributed by atoms with van der Waals surface area (Å²) in [7, 11) is 4.07. The molecule has 0 saturated carbocycles. The second kappa shape index (κ2) is 8.76. The fourth-order valence-corrected chi connectivity index (χ4v) is 4.63. The van der Waals surface area contributed by atoms with Crippen molar-refractivity contribution in [2.45, 2.75) is 45.8 Å². The van der Waals surface area contributed by atoms with Gasteiger partial charge in [-0.3, -0.25) is 14.7 Å². The minimum atomic E-state index is -0.123. The van der Waals surface area contributed by atoms with Crippen molar-refractivity contribution in [1.82, 2.24) is 19.7 Å². The number of nitrogens with zero attached hydrogens (tertiary/aromatic N) is 4. The maximum Gasteiger partial charge on any atom is 0.222 e. The zero-order valence-corrected chi connectivity index (χ0v) is 17.4. The average molecular weight is 391 g/mol. The lowest BCUT2D eigenvalue weighted by molar-refractivity contribution is -0.139. The number of pyridine rings is 1. The maximum absolute atomic E-state index is 12.4. The van der Waals surface area contributed by atoms with E-state index in [1.54, 1.807) is 13.1 Å². The van der Waals surface area contributed by atoms with Crippen LogP contribution in [0.4, 0.5) is 0 Å². The molecule has 1 atom stereocenters. The van der Waals surface area contributed by atoms with E-state index in [2.05, 4.69) is 14.8 Å². The Kier molecular flexibility index (Phi) is 6.58. The van der Waals surface area contributed by atoms with E-state index in [9.17, 15) is 15.0 Å². The molecule has 2 saturated heterocycles. The molecule has 1 spiro atoms. The predicted octanol–water partition coefficient (Wildman–Crippen LogP) is 1.35. The molecule has 1 amide bonds. The molecule has 0 aliphatic carbocycles. The Balaban J connectivity index is 1.72. The van der Waals surface area contributed by atoms with Crippen LogP contribution < -0.4 is 0 Å². The van der Waals surface area contributed by atoms with Crippen LogP contribution in [-0.2, 0) is 17.9 Å². The molecule has 156 valence electrons. The number of piperidine rings is 2. The van der Waals surface area contributed by atoms with Crippen LogP contribution in [0.2, 0.25) is 0 Å². The van der Waals surface area contributed by atoms with Crippen LogP contribution in [0, 0.1) is 12.3 Å². The normalized spacial score (nSPS) is 23.8. The Morgan fingerprint density at radius 3 is 2.79 bits per heavy atom. The number of hydrogen-bond donors (Lipinski definition) is 2. The third-order valence-electron chi connectivity index (χ3n) is 6.29. The number of amides is 1. The van der Waals surface area contributed by atoms with Crippen molar-refractivity contribution in [3.8, 4) is 5.75 Å². The van der Waals surface area contributed by atoms with Crippen LogP contribution in [0.5, 0.6) is 5.75 Å². The molecule has 0 aromatic carbocycles. The summed E-state index contributed by atoms with van der Waals surface area (Å²) >= 11 is 0. The standard InChI is InChI=1S/C21H34N4O3/c1-16-20(28)18(17(13-26)11-22-16)12-24-8-4-6-21(14-24)7-5-19(27)25(15-21)10-9-23(2)3/h11,26,28H,4-10,12-15H2,1-3H3/t21-/m0/s1. The van der Waals surface area contributed by atoms with Crippen LogP contribution >= 0.6 is 0 Å². The topological polar surface area (TPSA) is 80.1 Å². The Morgan fingerprint density at radius 1 is 1.29 bits per heavy atom. The molecule has 1 aromatic rings. The summed E-state index contributed by atoms with van der Waals surface area (Å²) in [6.07, 6.45) is 5.46. The largest absolute Gasteiger partial charge is 0.506 e. The molecule has 28 heavy (non-hydrogen) atoms. The summed E-state index contributed by atoms with van der Waals surface area (Å²) < 4.78 is 0. The molecular formula is C21H34N4O3. The number of aliphatic hydroxyl groups is 1. The quantitative estimate of drug-likeness (QED) is 0.763. The van der Waals surface area contributed by atoms with Gasteiger partial charge in [0.05, 0.1) is 12.3 Å². The minimum absolute atomic E-state index is 0.123. The average Bonchev–Trinajstić information content (AvgIpc) is 2.67. The van der Waals surface area contributed by atoms with Crippen molar-refractivity contribution >= 4 is 5.91 Å². The van der Waals surface area contributed by atoms with Gasteiger partial charge in [-0.1, -0.05) is 0 Å². The van der Waals surface area contributed by atoms with Crippen molar-refractivity contribution in [2.75, 3.05) is 46.8 Å². The lowest BCUT2D eigenvalue weighted by atomic mass is 9.73. The number of rotatable bonds is 6. The Bertz CT molecular complexity index is 709. The summed E-state index contributed by atoms with van der Waals surface area (Å²) in [5, 5.41) is 20.1. The van der Waals surface area contributed by atoms with Crippen LogP contribution in [0.3, 0.4) is 0 Å². The van der Waals surface area contributed by atoms with E-state index >= 15 is 0 Å². The van der Waals surface area contributed by atoms with Crippen LogP contribution in [-0.4, -0.2) is 82.6 Å². The number of carbonyl (C=O) groups is 1. The number of carbonyl (C=O) groups excluding carboxylic acids is 1. The highest BCUT2D eigenvalue weighted by atomic mass is 16.3. The Hall–Kier alpha value is -1.70. The van der Waals surface area contributed by atoms with Gasteiger partial charge >= 0.3 is 0 Å². The predicted molar refractivity (Wildman–Crippen MR) is 108 cm³/mol. The molecule has 7 heteroatoms. The van der Waals surface area contributed by atoms with Gasteiger partial charge in [0, 0.05) is 61.9 Å². The molecule has 0 bridgehead atoms. The first-order chi connectivity index (χ1) is 13.3. The van der Waals surface area contributed by atoms with Gasteiger partial charge in [-0.2, -0.15) is 0 Å². The molecule has 2 fully saturated rings. The molecule has 0 radical (unpaired) electrons. The summed E-state index contributed by atoms with van der Waals surface area (Å²) in [5.41, 5.74) is 2.20. The number of aromatic hydroxyl groups is 1. The van der Waals surface area contributed by atoms with Crippen LogP contribution in [0.15, 0.2) is 6.20 Å². The summed E-state index contributed by atoms with van der Waals surface area (Å²) in [6.45, 7) is 6.66. The molecule has 3 heterocycles. The number of likely N-dealkylation sites (N-methyl/N-ethyl adjacent to an activating group) is 1. The SMILES string of the molecule is Cc1ncc(CO)c(CN2CCC[C@]3(CCC(=O)N(CCN(C)C)C3)C2)c1O. The molecule has 0 unspecified atom stereocenters. The molecule has 2 N–H and O–H groups in total. The van der Waals surface area contributed by atoms with E-state index in [1.165, 1.54) is 0 Å². The van der Waals surface area contributed by atoms with E-state index in [0.717, 1.165) is 57.5 Å². The highest BCUT2D eigenvalue weighted by Gasteiger charge is 2.41. The molecule has 2 aliphatic heterocycles. The molecule has 1 aromatic heterocycles. The summed E-state index contributed by atoms with van der Waals surface area (Å²) in [5.74, 6) is 0.465. The minimum Gasteiger partial charge on any atom is -0.506 e. The first kappa shape index (κ1) is 21.0. The molecule has 7 nitrogen and oxygen atoms in total. The molecule has 3 rings (SSSR count). The second-order valence-electron chi connectivity index (χ2n) is 8.79. The summed E-state index contributed by atoms with van der Waals surface area (Å²) in [6, 6.07) is 0. The van der Waals surface area contributed by atoms with Crippen LogP contribution in [0.1, 0.15) is 42.5 Å². The van der Waals surface area contributed by atoms with E-state index in [4.69, 9.17) is 0 Å². The van der Waals surface area contributed by atoms with Gasteiger partial charge in [-0.05, 0) is 46.8 Å². The van der Waals surface area contributed by atoms with Gasteiger partial charge in [0.25, 0.3) is 0 Å². The first-order valence-corrected chi connectivity index (χ1v) is 10.3. The van der Waals surface area contributed by atoms with Crippen molar-refractivity contribution in [2.24, 2.45) is 5.41 Å². The monoisotopic (exact) mass is 390 g/mol. The Morgan fingerprint density at radius 2 is 2.07 bits per heavy atom. The van der Waals surface area contributed by atoms with Crippen LogP contribution in [0.25, 0.3) is 0 Å². The van der Waals surface area contributed by atoms with Gasteiger partial charge in [0.1, 0.15) is 5.75 Å². The zero-order chi connectivity index (χ0) is 20.3. The number of aromatic nitrogens is 1. The number of aliphatic hydroxyl groups excluding tert-OH is 1. The third kappa shape index (κ3) is 4.64. The first-order valence-electron chi connectivity index (χ1n) is 10.3. The lowest BCUT2D eigenvalue weighted by Crippen LogP contribution is -2.54. The van der Waals surface area contributed by atoms with E-state index < -0.39 is 0 Å². The van der Waals surface area contributed by atoms with Crippen molar-refractivity contribution in [3.05, 3.63) is 23.0 Å². The summed E-state index contributed by atoms with van der Waals surface area (Å²) in [4.78, 5) is 23.1. The van der Waals surface area contributed by atoms with Gasteiger partial charge in [0.2, 0.25) is 5.91 Å². The Labute approximate surface area is 168 Å². The van der Waals surface area contributed by atoms with E-state index in [-0.39, 0.29) is 23.7 Å². The van der Waals surface area contributed by atoms with Gasteiger partial charge in [-0.15, -0.1) is 0 Å². The third-order valence-corrected chi connectivity index (χ3v) is 6.29. The fraction of sp³-hybridized carbons (Fsp3) is 0.714. The highest BCUT2D eigenvalue weighted by molar-refractivity contribution is 5.77. The smallest absolute Gasteiger partial charge is 0.222 e. The highest BCUT2D eigenvalue weighted by Crippen LogP contribution is 2.40. The second-order valence-corrected chi connectivity index (χ2v) is 8.79. The van der Waals surface area contributed by atoms with E-state index in [0.29, 0.717) is 24.2 Å². The van der Waals surface area contributed by atoms with Crippen molar-refractivity contribution in [3.63, 3.8) is 0 Å². The van der Waals surface area contributed by atoms with Crippen molar-refractivity contribution in [1.29, 1.82) is 0 Å². The number of aryl methyl sites for hydroxylation is 1. The number of likely N-dealkylation sites (tertiary alicyclic amines) is 2. The van der Waals surface area contributed by atoms with Crippen molar-refractivity contribution < 1.29 is 15.0 Å². The van der Waals surface area contributed by atoms with Gasteiger partial charge in [-0.25, -0.2) is 0 Å². The fourth-order valence-electron chi connectivity index (χ4n) is 4.63. The molecular weight excluding hydrogens is 356 g/mol. The number of hydrogen-bond acceptors (Lipinski definition) is 6. The van der Waals surface area contributed by atoms with Gasteiger partial charge in [0.15, 0.2) is 0 Å². The zero-order valence-electron chi connectivity index (χ0n) is 17.4.